The summed E-state index contributed by atoms with van der Waals surface area (Å²) in [5.41, 5.74) is 3.65. The number of aromatic nitrogens is 2. The summed E-state index contributed by atoms with van der Waals surface area (Å²) in [5.74, 6) is 1.56. The van der Waals surface area contributed by atoms with Crippen LogP contribution in [-0.2, 0) is 6.42 Å². The monoisotopic (exact) mass is 390 g/mol. The number of para-hydroxylation sites is 1. The predicted molar refractivity (Wildman–Crippen MR) is 115 cm³/mol. The van der Waals surface area contributed by atoms with Crippen molar-refractivity contribution in [3.05, 3.63) is 77.6 Å². The summed E-state index contributed by atoms with van der Waals surface area (Å²) >= 11 is 0. The average molecular weight is 390 g/mol. The summed E-state index contributed by atoms with van der Waals surface area (Å²) < 4.78 is 5.33. The Morgan fingerprint density at radius 2 is 1.72 bits per heavy atom. The van der Waals surface area contributed by atoms with Crippen molar-refractivity contribution in [2.75, 3.05) is 19.0 Å². The average Bonchev–Trinajstić information content (AvgIpc) is 2.75. The number of carbonyl (C=O) groups excluding carboxylic acids is 1. The number of nitrogens with zero attached hydrogens (tertiary/aromatic N) is 2. The Balaban J connectivity index is 1.53. The van der Waals surface area contributed by atoms with E-state index in [1.165, 1.54) is 18.0 Å². The molecule has 1 heterocycles. The normalized spacial score (nSPS) is 10.6. The molecule has 0 aliphatic carbocycles. The highest BCUT2D eigenvalue weighted by atomic mass is 16.5. The van der Waals surface area contributed by atoms with Crippen LogP contribution in [0, 0.1) is 0 Å². The first-order chi connectivity index (χ1) is 14.1. The highest BCUT2D eigenvalue weighted by molar-refractivity contribution is 5.93. The minimum absolute atomic E-state index is 0.201. The van der Waals surface area contributed by atoms with Crippen molar-refractivity contribution < 1.29 is 9.53 Å². The number of nitrogens with one attached hydrogen (secondary N) is 2. The highest BCUT2D eigenvalue weighted by Crippen LogP contribution is 2.19. The minimum atomic E-state index is -0.201. The van der Waals surface area contributed by atoms with Gasteiger partial charge in [0.25, 0.3) is 5.91 Å². The van der Waals surface area contributed by atoms with Crippen LogP contribution in [0.3, 0.4) is 0 Å². The van der Waals surface area contributed by atoms with Crippen molar-refractivity contribution in [3.8, 4) is 5.75 Å². The fraction of sp³-hybridized carbons (Fsp3) is 0.261. The number of hydrogen-bond acceptors (Lipinski definition) is 5. The van der Waals surface area contributed by atoms with Crippen molar-refractivity contribution in [1.29, 1.82) is 0 Å². The number of carbonyl (C=O) groups is 1. The quantitative estimate of drug-likeness (QED) is 0.599. The molecule has 0 fully saturated rings. The van der Waals surface area contributed by atoms with Crippen LogP contribution >= 0.6 is 0 Å². The molecular weight excluding hydrogens is 364 g/mol. The molecule has 0 bridgehead atoms. The lowest BCUT2D eigenvalue weighted by molar-refractivity contribution is 0.0953. The third-order valence-electron chi connectivity index (χ3n) is 4.62. The molecule has 0 aliphatic rings. The maximum atomic E-state index is 12.3. The molecule has 29 heavy (non-hydrogen) atoms. The molecule has 0 aliphatic heterocycles. The zero-order valence-electron chi connectivity index (χ0n) is 17.0. The second-order valence-electron chi connectivity index (χ2n) is 7.01. The van der Waals surface area contributed by atoms with Gasteiger partial charge in [-0.25, -0.2) is 9.97 Å². The maximum absolute atomic E-state index is 12.3. The number of ether oxygens (including phenoxy) is 1. The van der Waals surface area contributed by atoms with Gasteiger partial charge in [-0.2, -0.15) is 0 Å². The number of benzene rings is 2. The molecule has 0 radical (unpaired) electrons. The van der Waals surface area contributed by atoms with Gasteiger partial charge in [0, 0.05) is 24.6 Å². The van der Waals surface area contributed by atoms with Gasteiger partial charge in [0.2, 0.25) is 5.95 Å². The molecule has 0 atom stereocenters. The van der Waals surface area contributed by atoms with E-state index in [1.54, 1.807) is 7.11 Å². The second kappa shape index (κ2) is 9.68. The molecule has 0 saturated heterocycles. The van der Waals surface area contributed by atoms with Gasteiger partial charge in [0.05, 0.1) is 12.7 Å². The number of methoxy groups -OCH3 is 1. The SMILES string of the molecule is COc1ccccc1CCNC(=O)c1cnc(Nc2ccc(C(C)C)cc2)nc1. The minimum Gasteiger partial charge on any atom is -0.496 e. The zero-order chi connectivity index (χ0) is 20.6. The van der Waals surface area contributed by atoms with Crippen LogP contribution in [0.5, 0.6) is 5.75 Å². The van der Waals surface area contributed by atoms with E-state index in [4.69, 9.17) is 4.74 Å². The van der Waals surface area contributed by atoms with Crippen molar-refractivity contribution in [3.63, 3.8) is 0 Å². The van der Waals surface area contributed by atoms with E-state index in [-0.39, 0.29) is 5.91 Å². The van der Waals surface area contributed by atoms with Crippen LogP contribution in [0.1, 0.15) is 41.3 Å². The fourth-order valence-corrected chi connectivity index (χ4v) is 2.91. The number of amides is 1. The van der Waals surface area contributed by atoms with E-state index >= 15 is 0 Å². The first kappa shape index (κ1) is 20.3. The van der Waals surface area contributed by atoms with Crippen LogP contribution in [-0.4, -0.2) is 29.5 Å². The van der Waals surface area contributed by atoms with Crippen LogP contribution in [0.4, 0.5) is 11.6 Å². The van der Waals surface area contributed by atoms with Gasteiger partial charge < -0.3 is 15.4 Å². The summed E-state index contributed by atoms with van der Waals surface area (Å²) in [6.45, 7) is 4.82. The highest BCUT2D eigenvalue weighted by Gasteiger charge is 2.08. The number of rotatable bonds is 8. The molecular formula is C23H26N4O2. The van der Waals surface area contributed by atoms with E-state index in [1.807, 2.05) is 36.4 Å². The lowest BCUT2D eigenvalue weighted by Crippen LogP contribution is -2.26. The van der Waals surface area contributed by atoms with Crippen molar-refractivity contribution in [1.82, 2.24) is 15.3 Å². The topological polar surface area (TPSA) is 76.1 Å². The lowest BCUT2D eigenvalue weighted by atomic mass is 10.0. The van der Waals surface area contributed by atoms with E-state index in [2.05, 4.69) is 46.6 Å². The van der Waals surface area contributed by atoms with Crippen LogP contribution < -0.4 is 15.4 Å². The van der Waals surface area contributed by atoms with Gasteiger partial charge in [-0.15, -0.1) is 0 Å². The molecule has 0 saturated carbocycles. The predicted octanol–water partition coefficient (Wildman–Crippen LogP) is 4.32. The molecule has 2 aromatic carbocycles. The molecule has 0 spiro atoms. The fourth-order valence-electron chi connectivity index (χ4n) is 2.91. The summed E-state index contributed by atoms with van der Waals surface area (Å²) in [6, 6.07) is 15.9. The van der Waals surface area contributed by atoms with Crippen molar-refractivity contribution >= 4 is 17.5 Å². The van der Waals surface area contributed by atoms with Gasteiger partial charge in [-0.1, -0.05) is 44.2 Å². The maximum Gasteiger partial charge on any atom is 0.254 e. The van der Waals surface area contributed by atoms with E-state index in [0.717, 1.165) is 17.0 Å². The number of hydrogen-bond donors (Lipinski definition) is 2. The molecule has 6 heteroatoms. The summed E-state index contributed by atoms with van der Waals surface area (Å²) in [5, 5.41) is 6.04. The van der Waals surface area contributed by atoms with Crippen LogP contribution in [0.2, 0.25) is 0 Å². The standard InChI is InChI=1S/C23H26N4O2/c1-16(2)17-8-10-20(11-9-17)27-23-25-14-19(15-26-23)22(28)24-13-12-18-6-4-5-7-21(18)29-3/h4-11,14-16H,12-13H2,1-3H3,(H,24,28)(H,25,26,27). The molecule has 3 rings (SSSR count). The molecule has 0 unspecified atom stereocenters. The Morgan fingerprint density at radius 1 is 1.03 bits per heavy atom. The molecule has 1 aromatic heterocycles. The van der Waals surface area contributed by atoms with Gasteiger partial charge in [0.1, 0.15) is 5.75 Å². The third kappa shape index (κ3) is 5.54. The summed E-state index contributed by atoms with van der Waals surface area (Å²) in [6.07, 6.45) is 3.73. The zero-order valence-corrected chi connectivity index (χ0v) is 17.0. The molecule has 3 aromatic rings. The molecule has 150 valence electrons. The van der Waals surface area contributed by atoms with Gasteiger partial charge >= 0.3 is 0 Å². The van der Waals surface area contributed by atoms with Crippen LogP contribution in [0.15, 0.2) is 60.9 Å². The smallest absolute Gasteiger partial charge is 0.254 e. The third-order valence-corrected chi connectivity index (χ3v) is 4.62. The Labute approximate surface area is 171 Å². The largest absolute Gasteiger partial charge is 0.496 e. The van der Waals surface area contributed by atoms with E-state index in [9.17, 15) is 4.79 Å². The molecule has 1 amide bonds. The van der Waals surface area contributed by atoms with E-state index in [0.29, 0.717) is 30.4 Å². The summed E-state index contributed by atoms with van der Waals surface area (Å²) in [4.78, 5) is 20.8. The molecule has 2 N–H and O–H groups in total. The Hall–Kier alpha value is -3.41. The summed E-state index contributed by atoms with van der Waals surface area (Å²) in [7, 11) is 1.64. The van der Waals surface area contributed by atoms with Crippen molar-refractivity contribution in [2.45, 2.75) is 26.2 Å². The van der Waals surface area contributed by atoms with Crippen LogP contribution in [0.25, 0.3) is 0 Å². The first-order valence-corrected chi connectivity index (χ1v) is 9.66. The van der Waals surface area contributed by atoms with Crippen molar-refractivity contribution in [2.24, 2.45) is 0 Å². The Morgan fingerprint density at radius 3 is 2.38 bits per heavy atom. The van der Waals surface area contributed by atoms with Gasteiger partial charge in [-0.3, -0.25) is 4.79 Å². The van der Waals surface area contributed by atoms with Gasteiger partial charge in [0.15, 0.2) is 0 Å². The number of anilines is 2. The lowest BCUT2D eigenvalue weighted by Gasteiger charge is -2.10. The van der Waals surface area contributed by atoms with E-state index < -0.39 is 0 Å². The Kier molecular flexibility index (Phi) is 6.79. The Bertz CT molecular complexity index is 938. The van der Waals surface area contributed by atoms with Gasteiger partial charge in [-0.05, 0) is 41.7 Å². The first-order valence-electron chi connectivity index (χ1n) is 9.66. The second-order valence-corrected chi connectivity index (χ2v) is 7.01. The molecule has 6 nitrogen and oxygen atoms in total.